The van der Waals surface area contributed by atoms with Gasteiger partial charge in [0.2, 0.25) is 5.91 Å². The standard InChI is InChI=1S/C17H25N5O3/c1-10-4-7-14(19-9-10)21-16(24)15(23)20-13-6-5-11(8-12(13)18)17(25)22(2)3/h4,7,9,11-13H,5-6,8,18H2,1-3H3,(H,20,23)(H,19,21,24)/t11-,12+,13-/m0/s1. The molecule has 0 bridgehead atoms. The molecule has 0 spiro atoms. The normalized spacial score (nSPS) is 22.8. The molecule has 3 atom stereocenters. The number of anilines is 1. The van der Waals surface area contributed by atoms with Gasteiger partial charge in [-0.3, -0.25) is 14.4 Å². The van der Waals surface area contributed by atoms with E-state index in [1.165, 1.54) is 0 Å². The number of hydrogen-bond acceptors (Lipinski definition) is 5. The van der Waals surface area contributed by atoms with Gasteiger partial charge >= 0.3 is 11.8 Å². The highest BCUT2D eigenvalue weighted by Crippen LogP contribution is 2.25. The highest BCUT2D eigenvalue weighted by molar-refractivity contribution is 6.39. The van der Waals surface area contributed by atoms with Crippen LogP contribution in [0.2, 0.25) is 0 Å². The van der Waals surface area contributed by atoms with Crippen molar-refractivity contribution in [1.29, 1.82) is 0 Å². The van der Waals surface area contributed by atoms with Crippen LogP contribution in [0.15, 0.2) is 18.3 Å². The van der Waals surface area contributed by atoms with Crippen LogP contribution in [0, 0.1) is 12.8 Å². The first-order valence-electron chi connectivity index (χ1n) is 8.29. The van der Waals surface area contributed by atoms with Crippen molar-refractivity contribution in [3.8, 4) is 0 Å². The number of nitrogens with zero attached hydrogens (tertiary/aromatic N) is 2. The number of aromatic nitrogens is 1. The molecule has 0 unspecified atom stereocenters. The lowest BCUT2D eigenvalue weighted by Gasteiger charge is -2.34. The molecule has 1 aromatic heterocycles. The molecule has 2 rings (SSSR count). The predicted molar refractivity (Wildman–Crippen MR) is 93.5 cm³/mol. The summed E-state index contributed by atoms with van der Waals surface area (Å²) in [6.07, 6.45) is 3.29. The van der Waals surface area contributed by atoms with Crippen LogP contribution in [0.25, 0.3) is 0 Å². The Morgan fingerprint density at radius 2 is 1.92 bits per heavy atom. The van der Waals surface area contributed by atoms with E-state index in [2.05, 4.69) is 15.6 Å². The van der Waals surface area contributed by atoms with Crippen molar-refractivity contribution in [2.24, 2.45) is 11.7 Å². The molecule has 1 aromatic rings. The minimum absolute atomic E-state index is 0.0448. The molecule has 0 saturated heterocycles. The molecule has 0 radical (unpaired) electrons. The van der Waals surface area contributed by atoms with E-state index >= 15 is 0 Å². The molecule has 4 N–H and O–H groups in total. The summed E-state index contributed by atoms with van der Waals surface area (Å²) in [6, 6.07) is 2.73. The maximum atomic E-state index is 12.1. The lowest BCUT2D eigenvalue weighted by Crippen LogP contribution is -2.54. The summed E-state index contributed by atoms with van der Waals surface area (Å²) in [5.74, 6) is -1.31. The lowest BCUT2D eigenvalue weighted by molar-refractivity contribution is -0.137. The first-order chi connectivity index (χ1) is 11.8. The number of pyridine rings is 1. The summed E-state index contributed by atoms with van der Waals surface area (Å²) in [4.78, 5) is 41.6. The fourth-order valence-corrected chi connectivity index (χ4v) is 2.92. The second-order valence-electron chi connectivity index (χ2n) is 6.66. The molecule has 0 aliphatic heterocycles. The molecular weight excluding hydrogens is 322 g/mol. The number of carbonyl (C=O) groups is 3. The molecule has 1 aliphatic carbocycles. The van der Waals surface area contributed by atoms with Crippen molar-refractivity contribution < 1.29 is 14.4 Å². The van der Waals surface area contributed by atoms with Crippen molar-refractivity contribution in [1.82, 2.24) is 15.2 Å². The quantitative estimate of drug-likeness (QED) is 0.667. The molecule has 8 nitrogen and oxygen atoms in total. The highest BCUT2D eigenvalue weighted by atomic mass is 16.2. The van der Waals surface area contributed by atoms with Gasteiger partial charge in [0.15, 0.2) is 0 Å². The van der Waals surface area contributed by atoms with Crippen LogP contribution < -0.4 is 16.4 Å². The van der Waals surface area contributed by atoms with E-state index < -0.39 is 11.8 Å². The average molecular weight is 347 g/mol. The average Bonchev–Trinajstić information content (AvgIpc) is 2.57. The summed E-state index contributed by atoms with van der Waals surface area (Å²) < 4.78 is 0. The smallest absolute Gasteiger partial charge is 0.314 e. The number of rotatable bonds is 3. The Bertz CT molecular complexity index is 644. The summed E-state index contributed by atoms with van der Waals surface area (Å²) in [5, 5.41) is 5.11. The summed E-state index contributed by atoms with van der Waals surface area (Å²) in [6.45, 7) is 1.88. The minimum Gasteiger partial charge on any atom is -0.349 e. The fourth-order valence-electron chi connectivity index (χ4n) is 2.92. The van der Waals surface area contributed by atoms with Gasteiger partial charge in [-0.1, -0.05) is 6.07 Å². The number of amides is 3. The first kappa shape index (κ1) is 18.9. The van der Waals surface area contributed by atoms with Crippen LogP contribution in [-0.2, 0) is 14.4 Å². The van der Waals surface area contributed by atoms with E-state index in [1.807, 2.05) is 6.92 Å². The Labute approximate surface area is 147 Å². The Hall–Kier alpha value is -2.48. The Morgan fingerprint density at radius 1 is 1.20 bits per heavy atom. The topological polar surface area (TPSA) is 117 Å². The van der Waals surface area contributed by atoms with Crippen LogP contribution in [-0.4, -0.2) is 53.8 Å². The van der Waals surface area contributed by atoms with Crippen molar-refractivity contribution in [2.75, 3.05) is 19.4 Å². The van der Waals surface area contributed by atoms with Gasteiger partial charge < -0.3 is 21.3 Å². The first-order valence-corrected chi connectivity index (χ1v) is 8.29. The number of nitrogens with two attached hydrogens (primary N) is 1. The summed E-state index contributed by atoms with van der Waals surface area (Å²) in [7, 11) is 3.43. The van der Waals surface area contributed by atoms with Crippen molar-refractivity contribution in [2.45, 2.75) is 38.3 Å². The van der Waals surface area contributed by atoms with Gasteiger partial charge in [0.1, 0.15) is 5.82 Å². The van der Waals surface area contributed by atoms with Gasteiger partial charge in [0.25, 0.3) is 0 Å². The molecule has 1 heterocycles. The molecule has 3 amide bonds. The molecule has 25 heavy (non-hydrogen) atoms. The van der Waals surface area contributed by atoms with Crippen LogP contribution in [0.4, 0.5) is 5.82 Å². The summed E-state index contributed by atoms with van der Waals surface area (Å²) in [5.41, 5.74) is 7.05. The Kier molecular flexibility index (Phi) is 6.08. The third-order valence-corrected chi connectivity index (χ3v) is 4.37. The number of nitrogens with one attached hydrogen (secondary N) is 2. The van der Waals surface area contributed by atoms with Crippen molar-refractivity contribution >= 4 is 23.5 Å². The zero-order valence-corrected chi connectivity index (χ0v) is 14.8. The number of carbonyl (C=O) groups excluding carboxylic acids is 3. The maximum absolute atomic E-state index is 12.1. The van der Waals surface area contributed by atoms with E-state index in [4.69, 9.17) is 5.73 Å². The molecule has 136 valence electrons. The second-order valence-corrected chi connectivity index (χ2v) is 6.66. The largest absolute Gasteiger partial charge is 0.349 e. The Morgan fingerprint density at radius 3 is 2.48 bits per heavy atom. The molecule has 8 heteroatoms. The van der Waals surface area contributed by atoms with Gasteiger partial charge in [-0.15, -0.1) is 0 Å². The van der Waals surface area contributed by atoms with E-state index in [-0.39, 0.29) is 23.9 Å². The molecule has 0 aromatic carbocycles. The van der Waals surface area contributed by atoms with Gasteiger partial charge in [0.05, 0.1) is 0 Å². The minimum atomic E-state index is -0.782. The second kappa shape index (κ2) is 8.06. The SMILES string of the molecule is Cc1ccc(NC(=O)C(=O)N[C@H]2CC[C@H](C(=O)N(C)C)C[C@H]2N)nc1. The maximum Gasteiger partial charge on any atom is 0.314 e. The van der Waals surface area contributed by atoms with Gasteiger partial charge in [-0.25, -0.2) is 4.98 Å². The van der Waals surface area contributed by atoms with Crippen LogP contribution >= 0.6 is 0 Å². The van der Waals surface area contributed by atoms with Gasteiger partial charge in [-0.05, 0) is 37.8 Å². The summed E-state index contributed by atoms with van der Waals surface area (Å²) >= 11 is 0. The van der Waals surface area contributed by atoms with Crippen LogP contribution in [0.3, 0.4) is 0 Å². The molecule has 1 fully saturated rings. The fraction of sp³-hybridized carbons (Fsp3) is 0.529. The molecular formula is C17H25N5O3. The van der Waals surface area contributed by atoms with E-state index in [1.54, 1.807) is 37.3 Å². The van der Waals surface area contributed by atoms with E-state index in [9.17, 15) is 14.4 Å². The van der Waals surface area contributed by atoms with Crippen LogP contribution in [0.5, 0.6) is 0 Å². The van der Waals surface area contributed by atoms with Crippen LogP contribution in [0.1, 0.15) is 24.8 Å². The molecule has 1 aliphatic rings. The third kappa shape index (κ3) is 4.99. The van der Waals surface area contributed by atoms with Crippen molar-refractivity contribution in [3.05, 3.63) is 23.9 Å². The van der Waals surface area contributed by atoms with E-state index in [0.29, 0.717) is 25.1 Å². The third-order valence-electron chi connectivity index (χ3n) is 4.37. The number of aryl methyl sites for hydroxylation is 1. The van der Waals surface area contributed by atoms with Gasteiger partial charge in [-0.2, -0.15) is 0 Å². The zero-order chi connectivity index (χ0) is 18.6. The molecule has 1 saturated carbocycles. The highest BCUT2D eigenvalue weighted by Gasteiger charge is 2.34. The zero-order valence-electron chi connectivity index (χ0n) is 14.8. The lowest BCUT2D eigenvalue weighted by atomic mass is 9.82. The van der Waals surface area contributed by atoms with Crippen molar-refractivity contribution in [3.63, 3.8) is 0 Å². The predicted octanol–water partition coefficient (Wildman–Crippen LogP) is 0.0289. The van der Waals surface area contributed by atoms with Gasteiger partial charge in [0, 0.05) is 38.3 Å². The number of hydrogen-bond donors (Lipinski definition) is 3. The monoisotopic (exact) mass is 347 g/mol. The Balaban J connectivity index is 1.87. The van der Waals surface area contributed by atoms with E-state index in [0.717, 1.165) is 5.56 Å².